The number of rotatable bonds is 7. The van der Waals surface area contributed by atoms with Gasteiger partial charge in [-0.1, -0.05) is 6.07 Å². The van der Waals surface area contributed by atoms with E-state index in [-0.39, 0.29) is 64.3 Å². The highest BCUT2D eigenvalue weighted by Crippen LogP contribution is 2.53. The van der Waals surface area contributed by atoms with Crippen molar-refractivity contribution < 1.29 is 32.3 Å². The number of fused-ring (bicyclic) bond motifs is 2. The second-order valence-corrected chi connectivity index (χ2v) is 13.6. The molecule has 1 N–H and O–H groups in total. The van der Waals surface area contributed by atoms with Crippen molar-refractivity contribution >= 4 is 35.3 Å². The normalized spacial score (nSPS) is 28.0. The summed E-state index contributed by atoms with van der Waals surface area (Å²) in [5.74, 6) is -1.03. The molecule has 5 atom stereocenters. The van der Waals surface area contributed by atoms with Crippen LogP contribution in [0.4, 0.5) is 19.0 Å². The van der Waals surface area contributed by atoms with E-state index in [1.54, 1.807) is 14.5 Å². The summed E-state index contributed by atoms with van der Waals surface area (Å²) >= 11 is -0.312. The molecule has 2 saturated carbocycles. The Bertz CT molecular complexity index is 1580. The summed E-state index contributed by atoms with van der Waals surface area (Å²) in [4.78, 5) is 45.3. The average Bonchev–Trinajstić information content (AvgIpc) is 3.94. The van der Waals surface area contributed by atoms with Crippen LogP contribution < -0.4 is 10.2 Å². The zero-order valence-electron chi connectivity index (χ0n) is 24.6. The zero-order valence-corrected chi connectivity index (χ0v) is 25.4. The van der Waals surface area contributed by atoms with Crippen LogP contribution in [0.25, 0.3) is 0 Å². The number of likely N-dealkylation sites (N-methyl/N-ethyl adjacent to an activating group) is 1. The first-order valence-electron chi connectivity index (χ1n) is 15.5. The Labute approximate surface area is 262 Å². The summed E-state index contributed by atoms with van der Waals surface area (Å²) in [6, 6.07) is 5.81. The number of ether oxygens (including phenoxy) is 1. The number of benzene rings is 1. The number of halogens is 3. The smallest absolute Gasteiger partial charge is 0.381 e. The van der Waals surface area contributed by atoms with Gasteiger partial charge in [0.15, 0.2) is 5.69 Å². The van der Waals surface area contributed by atoms with Gasteiger partial charge in [0.1, 0.15) is 17.9 Å². The van der Waals surface area contributed by atoms with E-state index in [0.29, 0.717) is 49.8 Å². The third-order valence-electron chi connectivity index (χ3n) is 9.69. The Morgan fingerprint density at radius 3 is 2.58 bits per heavy atom. The molecule has 0 spiro atoms. The van der Waals surface area contributed by atoms with Crippen LogP contribution in [0.3, 0.4) is 0 Å². The van der Waals surface area contributed by atoms with Crippen molar-refractivity contribution in [1.29, 1.82) is 5.26 Å². The molecule has 5 aliphatic rings. The molecular weight excluding hydrogens is 609 g/mol. The number of carbonyl (C=O) groups excluding carboxylic acids is 3. The van der Waals surface area contributed by atoms with Gasteiger partial charge in [0.05, 0.1) is 12.1 Å². The van der Waals surface area contributed by atoms with E-state index in [4.69, 9.17) is 9.84 Å². The molecule has 2 aromatic rings. The highest BCUT2D eigenvalue weighted by Gasteiger charge is 2.57. The fourth-order valence-corrected chi connectivity index (χ4v) is 8.01. The average molecular weight is 643 g/mol. The lowest BCUT2D eigenvalue weighted by atomic mass is 9.82. The van der Waals surface area contributed by atoms with Crippen LogP contribution in [-0.4, -0.2) is 75.8 Å². The van der Waals surface area contributed by atoms with Gasteiger partial charge in [-0.05, 0) is 87.2 Å². The molecular formula is C31H33F3N6O4S. The second kappa shape index (κ2) is 11.3. The summed E-state index contributed by atoms with van der Waals surface area (Å²) in [6.45, 7) is 3.11. The van der Waals surface area contributed by atoms with Crippen molar-refractivity contribution in [3.63, 3.8) is 0 Å². The van der Waals surface area contributed by atoms with Gasteiger partial charge < -0.3 is 15.0 Å². The Kier molecular flexibility index (Phi) is 7.59. The van der Waals surface area contributed by atoms with Crippen LogP contribution in [0.5, 0.6) is 0 Å². The summed E-state index contributed by atoms with van der Waals surface area (Å²) in [5, 5.41) is 17.7. The number of thioether (sulfide) groups is 1. The quantitative estimate of drug-likeness (QED) is 0.438. The Balaban J connectivity index is 1.30. The molecule has 1 aromatic carbocycles. The molecule has 4 fully saturated rings. The fourth-order valence-electron chi connectivity index (χ4n) is 7.41. The van der Waals surface area contributed by atoms with Crippen LogP contribution in [0, 0.1) is 23.2 Å². The Morgan fingerprint density at radius 2 is 1.91 bits per heavy atom. The standard InChI is InChI=1S/C31H33F3N6O4S/c1-2-38-28-24(26(37-40(28)19-8-10-44-11-9-19)30(43)39-20(15-35)12-18-14-22(18)39)23(16-6-7-16)25(29(38)42)36-27(41)17-4-3-5-21(13-17)45-31(32,33)34/h3-5,13,16,18-20,22-23,25H,2,6-12,14H2,1H3,(H,36,41)/t18-,20-,22+,23-,25-/m0/s1. The van der Waals surface area contributed by atoms with Gasteiger partial charge in [-0.25, -0.2) is 4.68 Å². The van der Waals surface area contributed by atoms with E-state index in [2.05, 4.69) is 11.4 Å². The maximum atomic E-state index is 14.4. The van der Waals surface area contributed by atoms with Gasteiger partial charge in [0.2, 0.25) is 0 Å². The first kappa shape index (κ1) is 30.1. The maximum Gasteiger partial charge on any atom is 0.446 e. The molecule has 2 aliphatic carbocycles. The van der Waals surface area contributed by atoms with Gasteiger partial charge >= 0.3 is 5.51 Å². The second-order valence-electron chi connectivity index (χ2n) is 12.5. The van der Waals surface area contributed by atoms with E-state index in [0.717, 1.165) is 25.3 Å². The van der Waals surface area contributed by atoms with Crippen LogP contribution in [0.1, 0.15) is 83.8 Å². The number of hydrogen-bond donors (Lipinski definition) is 1. The Morgan fingerprint density at radius 1 is 1.16 bits per heavy atom. The van der Waals surface area contributed by atoms with Crippen molar-refractivity contribution in [1.82, 2.24) is 20.0 Å². The van der Waals surface area contributed by atoms with Crippen molar-refractivity contribution in [2.24, 2.45) is 11.8 Å². The summed E-state index contributed by atoms with van der Waals surface area (Å²) in [6.07, 6.45) is 4.37. The number of likely N-dealkylation sites (tertiary alicyclic amines) is 1. The monoisotopic (exact) mass is 642 g/mol. The molecule has 14 heteroatoms. The molecule has 3 amide bonds. The van der Waals surface area contributed by atoms with Crippen LogP contribution in [-0.2, 0) is 9.53 Å². The number of alkyl halides is 3. The van der Waals surface area contributed by atoms with Gasteiger partial charge in [-0.3, -0.25) is 19.3 Å². The highest BCUT2D eigenvalue weighted by molar-refractivity contribution is 8.00. The van der Waals surface area contributed by atoms with Gasteiger partial charge in [0.25, 0.3) is 17.7 Å². The van der Waals surface area contributed by atoms with Gasteiger partial charge in [-0.2, -0.15) is 23.5 Å². The minimum Gasteiger partial charge on any atom is -0.381 e. The molecule has 4 heterocycles. The van der Waals surface area contributed by atoms with E-state index < -0.39 is 29.4 Å². The lowest BCUT2D eigenvalue weighted by Crippen LogP contribution is -2.56. The van der Waals surface area contributed by atoms with E-state index in [1.807, 2.05) is 6.92 Å². The first-order chi connectivity index (χ1) is 21.6. The van der Waals surface area contributed by atoms with Gasteiger partial charge in [-0.15, -0.1) is 0 Å². The molecule has 45 heavy (non-hydrogen) atoms. The van der Waals surface area contributed by atoms with Crippen molar-refractivity contribution in [2.75, 3.05) is 24.7 Å². The molecule has 238 valence electrons. The summed E-state index contributed by atoms with van der Waals surface area (Å²) in [5.41, 5.74) is -3.68. The van der Waals surface area contributed by atoms with E-state index in [1.165, 1.54) is 18.2 Å². The van der Waals surface area contributed by atoms with E-state index >= 15 is 0 Å². The minimum atomic E-state index is -4.52. The fraction of sp³-hybridized carbons (Fsp3) is 0.581. The number of hydrogen-bond acceptors (Lipinski definition) is 7. The topological polar surface area (TPSA) is 121 Å². The third-order valence-corrected chi connectivity index (χ3v) is 10.4. The first-order valence-corrected chi connectivity index (χ1v) is 16.3. The van der Waals surface area contributed by atoms with Crippen LogP contribution in [0.15, 0.2) is 29.2 Å². The number of aromatic nitrogens is 2. The number of amides is 3. The Hall–Kier alpha value is -3.57. The summed E-state index contributed by atoms with van der Waals surface area (Å²) < 4.78 is 46.5. The van der Waals surface area contributed by atoms with E-state index in [9.17, 15) is 32.8 Å². The number of nitriles is 1. The van der Waals surface area contributed by atoms with Gasteiger partial charge in [0, 0.05) is 47.7 Å². The number of nitrogens with one attached hydrogen (secondary N) is 1. The minimum absolute atomic E-state index is 0.00188. The molecule has 0 bridgehead atoms. The number of anilines is 1. The third kappa shape index (κ3) is 5.48. The highest BCUT2D eigenvalue weighted by atomic mass is 32.2. The molecule has 1 aromatic heterocycles. The van der Waals surface area contributed by atoms with Crippen LogP contribution >= 0.6 is 11.8 Å². The predicted molar refractivity (Wildman–Crippen MR) is 156 cm³/mol. The lowest BCUT2D eigenvalue weighted by molar-refractivity contribution is -0.121. The zero-order chi connectivity index (χ0) is 31.6. The van der Waals surface area contributed by atoms with Crippen molar-refractivity contribution in [3.05, 3.63) is 41.1 Å². The largest absolute Gasteiger partial charge is 0.446 e. The molecule has 10 nitrogen and oxygen atoms in total. The molecule has 7 rings (SSSR count). The predicted octanol–water partition coefficient (Wildman–Crippen LogP) is 4.63. The SMILES string of the molecule is CCN1C(=O)[C@@H](NC(=O)c2cccc(SC(F)(F)F)c2)[C@@H](C2CC2)c2c(C(=O)N3[C@H](C#N)C[C@H]4C[C@H]43)nn(C3CCOCC3)c21. The van der Waals surface area contributed by atoms with Crippen molar-refractivity contribution in [3.8, 4) is 6.07 Å². The maximum absolute atomic E-state index is 14.4. The summed E-state index contributed by atoms with van der Waals surface area (Å²) in [7, 11) is 0. The lowest BCUT2D eigenvalue weighted by Gasteiger charge is -2.39. The molecule has 0 radical (unpaired) electrons. The number of piperidine rings is 1. The van der Waals surface area contributed by atoms with Crippen molar-refractivity contribution in [2.45, 2.75) is 85.9 Å². The molecule has 3 aliphatic heterocycles. The molecule has 2 saturated heterocycles. The number of carbonyl (C=O) groups is 3. The number of nitrogens with zero attached hydrogens (tertiary/aromatic N) is 5. The van der Waals surface area contributed by atoms with Crippen LogP contribution in [0.2, 0.25) is 0 Å². The molecule has 0 unspecified atom stereocenters.